The van der Waals surface area contributed by atoms with E-state index in [2.05, 4.69) is 41.3 Å². The number of H-pyrrole nitrogens is 1. The van der Waals surface area contributed by atoms with Crippen LogP contribution in [0.15, 0.2) is 41.5 Å². The van der Waals surface area contributed by atoms with E-state index >= 15 is 0 Å². The Bertz CT molecular complexity index is 561. The number of guanidine groups is 1. The number of aliphatic imine (C=N–C) groups is 1. The quantitative estimate of drug-likeness (QED) is 0.592. The first kappa shape index (κ1) is 14.1. The minimum Gasteiger partial charge on any atom is -0.370 e. The predicted octanol–water partition coefficient (Wildman–Crippen LogP) is 2.28. The molecule has 2 rings (SSSR count). The fraction of sp³-hybridized carbons (Fsp3) is 0.333. The molecule has 2 aromatic rings. The van der Waals surface area contributed by atoms with Gasteiger partial charge >= 0.3 is 0 Å². The van der Waals surface area contributed by atoms with Crippen LogP contribution in [-0.4, -0.2) is 21.7 Å². The summed E-state index contributed by atoms with van der Waals surface area (Å²) in [5.41, 5.74) is 9.00. The highest BCUT2D eigenvalue weighted by Crippen LogP contribution is 2.16. The van der Waals surface area contributed by atoms with Gasteiger partial charge in [-0.25, -0.2) is 4.99 Å². The number of hydrogen-bond acceptors (Lipinski definition) is 2. The maximum atomic E-state index is 5.84. The third-order valence-corrected chi connectivity index (χ3v) is 2.70. The zero-order valence-corrected chi connectivity index (χ0v) is 12.1. The number of nitrogens with one attached hydrogen (secondary N) is 2. The van der Waals surface area contributed by atoms with Crippen molar-refractivity contribution in [3.05, 3.63) is 42.1 Å². The van der Waals surface area contributed by atoms with Crippen LogP contribution in [0.2, 0.25) is 0 Å². The average Bonchev–Trinajstić information content (AvgIpc) is 2.89. The summed E-state index contributed by atoms with van der Waals surface area (Å²) in [4.78, 5) is 4.34. The Labute approximate surface area is 119 Å². The molecule has 0 atom stereocenters. The third kappa shape index (κ3) is 4.12. The summed E-state index contributed by atoms with van der Waals surface area (Å²) in [5, 5.41) is 10.0. The lowest BCUT2D eigenvalue weighted by atomic mass is 10.1. The number of nitrogens with zero attached hydrogens (tertiary/aromatic N) is 2. The average molecular weight is 271 g/mol. The summed E-state index contributed by atoms with van der Waals surface area (Å²) >= 11 is 0. The first-order valence-corrected chi connectivity index (χ1v) is 6.61. The summed E-state index contributed by atoms with van der Waals surface area (Å²) in [6.45, 7) is 6.72. The van der Waals surface area contributed by atoms with E-state index in [9.17, 15) is 0 Å². The fourth-order valence-corrected chi connectivity index (χ4v) is 1.81. The van der Waals surface area contributed by atoms with E-state index in [0.717, 1.165) is 16.8 Å². The number of aromatic amines is 1. The summed E-state index contributed by atoms with van der Waals surface area (Å²) in [5.74, 6) is 0.468. The highest BCUT2D eigenvalue weighted by atomic mass is 15.1. The molecule has 0 aliphatic heterocycles. The minimum atomic E-state index is -0.0714. The predicted molar refractivity (Wildman–Crippen MR) is 82.2 cm³/mol. The van der Waals surface area contributed by atoms with Crippen LogP contribution in [0.1, 0.15) is 26.3 Å². The molecule has 0 aliphatic carbocycles. The highest BCUT2D eigenvalue weighted by Gasteiger charge is 2.09. The molecule has 1 aromatic carbocycles. The molecule has 0 bridgehead atoms. The van der Waals surface area contributed by atoms with E-state index in [1.807, 2.05) is 30.3 Å². The Morgan fingerprint density at radius 3 is 2.50 bits per heavy atom. The zero-order chi connectivity index (χ0) is 14.6. The smallest absolute Gasteiger partial charge is 0.189 e. The molecule has 1 aromatic heterocycles. The number of rotatable bonds is 3. The summed E-state index contributed by atoms with van der Waals surface area (Å²) in [6.07, 6.45) is 1.74. The van der Waals surface area contributed by atoms with E-state index in [0.29, 0.717) is 12.5 Å². The van der Waals surface area contributed by atoms with Gasteiger partial charge in [0.1, 0.15) is 0 Å². The van der Waals surface area contributed by atoms with E-state index in [4.69, 9.17) is 5.73 Å². The summed E-state index contributed by atoms with van der Waals surface area (Å²) in [7, 11) is 0. The maximum Gasteiger partial charge on any atom is 0.189 e. The fourth-order valence-electron chi connectivity index (χ4n) is 1.81. The topological polar surface area (TPSA) is 79.1 Å². The molecule has 0 aliphatic rings. The van der Waals surface area contributed by atoms with Crippen LogP contribution in [0.4, 0.5) is 0 Å². The number of nitrogens with two attached hydrogens (primary N) is 1. The molecule has 0 amide bonds. The number of aromatic nitrogens is 2. The van der Waals surface area contributed by atoms with Gasteiger partial charge in [-0.05, 0) is 38.0 Å². The molecule has 0 fully saturated rings. The lowest BCUT2D eigenvalue weighted by Crippen LogP contribution is -2.44. The lowest BCUT2D eigenvalue weighted by Gasteiger charge is -2.20. The second-order valence-corrected chi connectivity index (χ2v) is 5.74. The molecular formula is C15H21N5. The molecule has 5 heteroatoms. The van der Waals surface area contributed by atoms with Gasteiger partial charge in [0.25, 0.3) is 0 Å². The summed E-state index contributed by atoms with van der Waals surface area (Å²) in [6, 6.07) is 10.1. The largest absolute Gasteiger partial charge is 0.370 e. The van der Waals surface area contributed by atoms with Crippen LogP contribution in [0.25, 0.3) is 11.3 Å². The molecule has 0 radical (unpaired) electrons. The van der Waals surface area contributed by atoms with E-state index < -0.39 is 0 Å². The van der Waals surface area contributed by atoms with Crippen molar-refractivity contribution in [3.8, 4) is 11.3 Å². The van der Waals surface area contributed by atoms with Gasteiger partial charge in [-0.15, -0.1) is 0 Å². The maximum absolute atomic E-state index is 5.84. The van der Waals surface area contributed by atoms with Gasteiger partial charge < -0.3 is 11.1 Å². The molecule has 0 saturated carbocycles. The van der Waals surface area contributed by atoms with Crippen molar-refractivity contribution in [2.75, 3.05) is 0 Å². The lowest BCUT2D eigenvalue weighted by molar-refractivity contribution is 0.508. The van der Waals surface area contributed by atoms with Gasteiger partial charge in [0, 0.05) is 11.7 Å². The van der Waals surface area contributed by atoms with Gasteiger partial charge in [-0.3, -0.25) is 5.10 Å². The van der Waals surface area contributed by atoms with Crippen molar-refractivity contribution in [1.29, 1.82) is 0 Å². The number of hydrogen-bond donors (Lipinski definition) is 3. The molecule has 1 heterocycles. The first-order chi connectivity index (χ1) is 9.44. The van der Waals surface area contributed by atoms with Crippen LogP contribution in [0.5, 0.6) is 0 Å². The van der Waals surface area contributed by atoms with Crippen LogP contribution in [0.3, 0.4) is 0 Å². The van der Waals surface area contributed by atoms with Crippen molar-refractivity contribution in [1.82, 2.24) is 15.5 Å². The minimum absolute atomic E-state index is 0.0714. The molecule has 20 heavy (non-hydrogen) atoms. The van der Waals surface area contributed by atoms with Crippen molar-refractivity contribution in [2.24, 2.45) is 10.7 Å². The molecule has 0 saturated heterocycles. The first-order valence-electron chi connectivity index (χ1n) is 6.61. The van der Waals surface area contributed by atoms with Crippen LogP contribution >= 0.6 is 0 Å². The molecule has 0 unspecified atom stereocenters. The van der Waals surface area contributed by atoms with E-state index in [-0.39, 0.29) is 5.54 Å². The van der Waals surface area contributed by atoms with Crippen molar-refractivity contribution >= 4 is 5.96 Å². The SMILES string of the molecule is CC(C)(C)NC(N)=NCc1ccc(-c2ccn[nH]2)cc1. The Morgan fingerprint density at radius 1 is 1.25 bits per heavy atom. The molecular weight excluding hydrogens is 250 g/mol. The molecule has 5 nitrogen and oxygen atoms in total. The molecule has 106 valence electrons. The highest BCUT2D eigenvalue weighted by molar-refractivity contribution is 5.78. The third-order valence-electron chi connectivity index (χ3n) is 2.70. The standard InChI is InChI=1S/C15H21N5/c1-15(2,3)19-14(16)17-10-11-4-6-12(7-5-11)13-8-9-18-20-13/h4-9H,10H2,1-3H3,(H,18,20)(H3,16,17,19). The van der Waals surface area contributed by atoms with E-state index in [1.165, 1.54) is 0 Å². The van der Waals surface area contributed by atoms with Gasteiger partial charge in [0.05, 0.1) is 12.2 Å². The molecule has 4 N–H and O–H groups in total. The van der Waals surface area contributed by atoms with Crippen molar-refractivity contribution < 1.29 is 0 Å². The van der Waals surface area contributed by atoms with Gasteiger partial charge in [-0.2, -0.15) is 5.10 Å². The second-order valence-electron chi connectivity index (χ2n) is 5.74. The molecule has 0 spiro atoms. The Hall–Kier alpha value is -2.30. The second kappa shape index (κ2) is 5.77. The Balaban J connectivity index is 1.99. The van der Waals surface area contributed by atoms with Crippen LogP contribution in [-0.2, 0) is 6.54 Å². The zero-order valence-electron chi connectivity index (χ0n) is 12.1. The van der Waals surface area contributed by atoms with Crippen molar-refractivity contribution in [3.63, 3.8) is 0 Å². The number of benzene rings is 1. The van der Waals surface area contributed by atoms with E-state index in [1.54, 1.807) is 6.20 Å². The van der Waals surface area contributed by atoms with Gasteiger partial charge in [0.2, 0.25) is 0 Å². The Morgan fingerprint density at radius 2 is 1.95 bits per heavy atom. The monoisotopic (exact) mass is 271 g/mol. The van der Waals surface area contributed by atoms with Crippen molar-refractivity contribution in [2.45, 2.75) is 32.9 Å². The van der Waals surface area contributed by atoms with Crippen LogP contribution < -0.4 is 11.1 Å². The van der Waals surface area contributed by atoms with Gasteiger partial charge in [-0.1, -0.05) is 24.3 Å². The summed E-state index contributed by atoms with van der Waals surface area (Å²) < 4.78 is 0. The normalized spacial score (nSPS) is 12.4. The van der Waals surface area contributed by atoms with Gasteiger partial charge in [0.15, 0.2) is 5.96 Å². The Kier molecular flexibility index (Phi) is 4.08. The van der Waals surface area contributed by atoms with Crippen LogP contribution in [0, 0.1) is 0 Å².